The Hall–Kier alpha value is -6.06. The van der Waals surface area contributed by atoms with E-state index in [1.165, 1.54) is 55.6 Å². The van der Waals surface area contributed by atoms with Gasteiger partial charge in [-0.1, -0.05) is 83.1 Å². The van der Waals surface area contributed by atoms with Crippen molar-refractivity contribution in [2.45, 2.75) is 129 Å². The van der Waals surface area contributed by atoms with Crippen LogP contribution in [0.2, 0.25) is 0 Å². The quantitative estimate of drug-likeness (QED) is 0.136. The molecule has 16 heteroatoms. The lowest BCUT2D eigenvalue weighted by molar-refractivity contribution is -0.203. The van der Waals surface area contributed by atoms with Crippen molar-refractivity contribution >= 4 is 23.5 Å². The molecular formula is C52H58F6O10. The molecule has 68 heavy (non-hydrogen) atoms. The van der Waals surface area contributed by atoms with Crippen molar-refractivity contribution in [1.82, 2.24) is 0 Å². The smallest absolute Gasteiger partial charge is 0.490 e. The van der Waals surface area contributed by atoms with E-state index < -0.39 is 75.5 Å². The predicted molar refractivity (Wildman–Crippen MR) is 242 cm³/mol. The molecule has 368 valence electrons. The van der Waals surface area contributed by atoms with Crippen LogP contribution in [-0.2, 0) is 40.7 Å². The molecule has 10 nitrogen and oxygen atoms in total. The van der Waals surface area contributed by atoms with E-state index in [-0.39, 0.29) is 67.3 Å². The van der Waals surface area contributed by atoms with Crippen LogP contribution in [0, 0.1) is 0 Å². The highest BCUT2D eigenvalue weighted by molar-refractivity contribution is 6.18. The summed E-state index contributed by atoms with van der Waals surface area (Å²) >= 11 is 0. The maximum atomic E-state index is 15.5. The number of hydrogen-bond acceptors (Lipinski definition) is 10. The molecule has 8 bridgehead atoms. The highest BCUT2D eigenvalue weighted by Crippen LogP contribution is 2.51. The number of methoxy groups -OCH3 is 4. The largest absolute Gasteiger partial charge is 0.496 e. The normalized spacial score (nSPS) is 16.0. The molecule has 0 radical (unpaired) electrons. The van der Waals surface area contributed by atoms with Gasteiger partial charge in [0.05, 0.1) is 50.7 Å². The van der Waals surface area contributed by atoms with Crippen molar-refractivity contribution in [3.05, 3.63) is 115 Å². The molecule has 0 N–H and O–H groups in total. The van der Waals surface area contributed by atoms with Gasteiger partial charge in [-0.2, -0.15) is 26.3 Å². The third kappa shape index (κ3) is 10.3. The van der Waals surface area contributed by atoms with Crippen LogP contribution in [0.4, 0.5) is 26.3 Å². The number of carbonyl (C=O) groups excluding carboxylic acids is 4. The molecule has 0 aromatic heterocycles. The van der Waals surface area contributed by atoms with E-state index in [9.17, 15) is 35.9 Å². The second-order valence-electron chi connectivity index (χ2n) is 20.8. The Morgan fingerprint density at radius 1 is 0.382 bits per heavy atom. The molecule has 1 aliphatic carbocycles. The van der Waals surface area contributed by atoms with Crippen LogP contribution in [0.1, 0.15) is 172 Å². The van der Waals surface area contributed by atoms with E-state index in [0.717, 1.165) is 21.3 Å². The van der Waals surface area contributed by atoms with Crippen molar-refractivity contribution < 1.29 is 73.9 Å². The van der Waals surface area contributed by atoms with Crippen molar-refractivity contribution in [2.24, 2.45) is 0 Å². The summed E-state index contributed by atoms with van der Waals surface area (Å²) in [6, 6.07) is 11.5. The number of ketones is 2. The lowest BCUT2D eigenvalue weighted by Gasteiger charge is -2.32. The molecule has 0 spiro atoms. The lowest BCUT2D eigenvalue weighted by atomic mass is 9.78. The summed E-state index contributed by atoms with van der Waals surface area (Å²) in [4.78, 5) is 57.6. The fraction of sp³-hybridized carbons (Fsp3) is 0.462. The number of hydrogen-bond donors (Lipinski definition) is 0. The number of benzene rings is 4. The number of ether oxygens (including phenoxy) is 6. The summed E-state index contributed by atoms with van der Waals surface area (Å²) in [6.45, 7) is 21.2. The van der Waals surface area contributed by atoms with Gasteiger partial charge >= 0.3 is 24.3 Å². The predicted octanol–water partition coefficient (Wildman–Crippen LogP) is 12.1. The Morgan fingerprint density at radius 2 is 0.603 bits per heavy atom. The molecule has 4 aromatic rings. The van der Waals surface area contributed by atoms with Crippen LogP contribution < -0.4 is 18.9 Å². The molecule has 1 aliphatic rings. The van der Waals surface area contributed by atoms with Crippen molar-refractivity contribution in [2.75, 3.05) is 28.4 Å². The van der Waals surface area contributed by atoms with E-state index >= 15 is 9.59 Å². The number of halogens is 6. The number of rotatable bonds is 6. The first-order valence-electron chi connectivity index (χ1n) is 21.6. The average Bonchev–Trinajstić information content (AvgIpc) is 3.22. The van der Waals surface area contributed by atoms with Gasteiger partial charge in [0, 0.05) is 22.3 Å². The monoisotopic (exact) mass is 956 g/mol. The first kappa shape index (κ1) is 52.9. The zero-order valence-corrected chi connectivity index (χ0v) is 41.1. The summed E-state index contributed by atoms with van der Waals surface area (Å²) in [7, 11) is 4.60. The molecule has 0 saturated heterocycles. The first-order valence-corrected chi connectivity index (χ1v) is 21.6. The van der Waals surface area contributed by atoms with Crippen LogP contribution in [-0.4, -0.2) is 64.3 Å². The molecule has 4 aromatic carbocycles. The molecule has 5 rings (SSSR count). The van der Waals surface area contributed by atoms with Gasteiger partial charge in [0.2, 0.25) is 11.6 Å². The number of esters is 2. The minimum absolute atomic E-state index is 0.174. The summed E-state index contributed by atoms with van der Waals surface area (Å²) in [5, 5.41) is 0. The fourth-order valence-corrected chi connectivity index (χ4v) is 7.93. The minimum Gasteiger partial charge on any atom is -0.496 e. The van der Waals surface area contributed by atoms with Crippen LogP contribution in [0.15, 0.2) is 48.5 Å². The maximum absolute atomic E-state index is 15.5. The van der Waals surface area contributed by atoms with Gasteiger partial charge < -0.3 is 28.4 Å². The third-order valence-corrected chi connectivity index (χ3v) is 11.8. The van der Waals surface area contributed by atoms with Gasteiger partial charge in [0.1, 0.15) is 23.0 Å². The van der Waals surface area contributed by atoms with E-state index in [0.29, 0.717) is 16.7 Å². The molecule has 0 fully saturated rings. The number of alkyl halides is 6. The van der Waals surface area contributed by atoms with E-state index in [1.807, 2.05) is 20.8 Å². The van der Waals surface area contributed by atoms with Crippen LogP contribution >= 0.6 is 0 Å². The number of fused-ring (bicyclic) bond motifs is 8. The van der Waals surface area contributed by atoms with Crippen molar-refractivity contribution in [3.63, 3.8) is 0 Å². The van der Waals surface area contributed by atoms with Gasteiger partial charge in [-0.15, -0.1) is 0 Å². The van der Waals surface area contributed by atoms with Crippen LogP contribution in [0.3, 0.4) is 0 Å². The maximum Gasteiger partial charge on any atom is 0.490 e. The highest BCUT2D eigenvalue weighted by atomic mass is 19.4. The zero-order chi connectivity index (χ0) is 51.6. The Labute approximate surface area is 392 Å². The Bertz CT molecular complexity index is 2510. The molecular weight excluding hydrogens is 899 g/mol. The summed E-state index contributed by atoms with van der Waals surface area (Å²) in [6.07, 6.45) is -15.6. The summed E-state index contributed by atoms with van der Waals surface area (Å²) in [5.74, 6) is -8.41. The second kappa shape index (κ2) is 18.1. The topological polar surface area (TPSA) is 124 Å². The van der Waals surface area contributed by atoms with E-state index in [1.54, 1.807) is 62.3 Å². The SMILES string of the molecule is COc1c2cc(C(C)(C)C)cc1C(=O)c1cc(C(C)(C)C)cc(c1OC)[C@H](OC(=O)C(F)(F)F)c1cc(C(C)(C)C)cc(c1OC)[C@H](OC(=O)C(F)(F)F)c1cc(C(C)(C)C)cc(c1OC)C2=O. The van der Waals surface area contributed by atoms with E-state index in [2.05, 4.69) is 0 Å². The van der Waals surface area contributed by atoms with Crippen LogP contribution in [0.25, 0.3) is 0 Å². The third-order valence-electron chi connectivity index (χ3n) is 11.8. The van der Waals surface area contributed by atoms with E-state index in [4.69, 9.17) is 28.4 Å². The Kier molecular flexibility index (Phi) is 14.1. The second-order valence-corrected chi connectivity index (χ2v) is 20.8. The van der Waals surface area contributed by atoms with Gasteiger partial charge in [-0.05, 0) is 92.4 Å². The van der Waals surface area contributed by atoms with Gasteiger partial charge in [-0.25, -0.2) is 9.59 Å². The van der Waals surface area contributed by atoms with Crippen molar-refractivity contribution in [1.29, 1.82) is 0 Å². The van der Waals surface area contributed by atoms with Gasteiger partial charge in [0.25, 0.3) is 0 Å². The lowest BCUT2D eigenvalue weighted by Crippen LogP contribution is -2.30. The van der Waals surface area contributed by atoms with Gasteiger partial charge in [0.15, 0.2) is 12.2 Å². The molecule has 0 amide bonds. The Balaban J connectivity index is 2.26. The molecule has 0 unspecified atom stereocenters. The highest BCUT2D eigenvalue weighted by Gasteiger charge is 2.47. The molecule has 2 atom stereocenters. The standard InChI is InChI=1S/C52H58F6O10/c1-47(2,3)25-17-29-37(59)31-19-26(48(4,5)6)21-33(40(31)64-14)43(67-45(61)51(53,54)55)35-23-28(50(10,11)12)24-36(42(35)66-16)44(68-46(62)52(56,57)58)34-22-27(49(7,8)9)20-32(41(34)65-15)38(60)30(18-25)39(29)63-13/h17-24,43-44H,1-16H3/t43-,44+. The minimum atomic E-state index is -5.61. The molecule has 0 heterocycles. The molecule has 0 aliphatic heterocycles. The zero-order valence-electron chi connectivity index (χ0n) is 41.1. The summed E-state index contributed by atoms with van der Waals surface area (Å²) < 4.78 is 122. The van der Waals surface area contributed by atoms with Crippen LogP contribution in [0.5, 0.6) is 23.0 Å². The Morgan fingerprint density at radius 3 is 0.838 bits per heavy atom. The average molecular weight is 957 g/mol. The summed E-state index contributed by atoms with van der Waals surface area (Å²) in [5.41, 5.74) is -4.32. The van der Waals surface area contributed by atoms with Crippen molar-refractivity contribution in [3.8, 4) is 23.0 Å². The molecule has 0 saturated carbocycles. The van der Waals surface area contributed by atoms with Gasteiger partial charge in [-0.3, -0.25) is 9.59 Å². The number of carbonyl (C=O) groups is 4. The first-order chi connectivity index (χ1) is 31.0. The fourth-order valence-electron chi connectivity index (χ4n) is 7.93.